The fourth-order valence-corrected chi connectivity index (χ4v) is 5.68. The van der Waals surface area contributed by atoms with Crippen molar-refractivity contribution in [3.8, 4) is 0 Å². The number of ketones is 2. The van der Waals surface area contributed by atoms with Crippen LogP contribution in [0.3, 0.4) is 0 Å². The van der Waals surface area contributed by atoms with E-state index in [-0.39, 0.29) is 30.8 Å². The number of aliphatic hydroxyl groups excluding tert-OH is 1. The summed E-state index contributed by atoms with van der Waals surface area (Å²) in [6, 6.07) is 12.9. The lowest BCUT2D eigenvalue weighted by atomic mass is 9.83. The van der Waals surface area contributed by atoms with Crippen LogP contribution < -0.4 is 5.32 Å². The number of thiophene rings is 1. The molecule has 5 nitrogen and oxygen atoms in total. The van der Waals surface area contributed by atoms with E-state index >= 15 is 0 Å². The van der Waals surface area contributed by atoms with Crippen LogP contribution in [-0.2, 0) is 20.8 Å². The summed E-state index contributed by atoms with van der Waals surface area (Å²) in [6.07, 6.45) is 1.24. The molecule has 1 amide bonds. The summed E-state index contributed by atoms with van der Waals surface area (Å²) in [5.74, 6) is -1.30. The Labute approximate surface area is 206 Å². The molecule has 2 aromatic rings. The first-order valence-corrected chi connectivity index (χ1v) is 12.9. The first-order chi connectivity index (χ1) is 15.3. The molecule has 0 aliphatic carbocycles. The normalized spacial score (nSPS) is 13.6. The highest BCUT2D eigenvalue weighted by Gasteiger charge is 2.35. The fraction of sp³-hybridized carbons (Fsp3) is 0.500. The van der Waals surface area contributed by atoms with Gasteiger partial charge in [0.2, 0.25) is 5.91 Å². The van der Waals surface area contributed by atoms with Crippen molar-refractivity contribution in [3.05, 3.63) is 53.4 Å². The second-order valence-corrected chi connectivity index (χ2v) is 10.5. The molecule has 1 unspecified atom stereocenters. The van der Waals surface area contributed by atoms with Gasteiger partial charge in [0.25, 0.3) is 0 Å². The van der Waals surface area contributed by atoms with E-state index in [2.05, 4.69) is 5.32 Å². The predicted molar refractivity (Wildman–Crippen MR) is 138 cm³/mol. The summed E-state index contributed by atoms with van der Waals surface area (Å²) >= 11 is 3.10. The maximum atomic E-state index is 13.4. The minimum absolute atomic E-state index is 0. The van der Waals surface area contributed by atoms with Crippen LogP contribution in [0.15, 0.2) is 52.1 Å². The van der Waals surface area contributed by atoms with Crippen LogP contribution in [0, 0.1) is 17.8 Å². The Bertz CT molecular complexity index is 852. The zero-order valence-electron chi connectivity index (χ0n) is 19.0. The van der Waals surface area contributed by atoms with Crippen molar-refractivity contribution >= 4 is 40.6 Å². The minimum atomic E-state index is -0.639. The monoisotopic (exact) mass is 491 g/mol. The van der Waals surface area contributed by atoms with E-state index in [1.54, 1.807) is 18.3 Å². The number of benzene rings is 1. The van der Waals surface area contributed by atoms with Gasteiger partial charge >= 0.3 is 0 Å². The minimum Gasteiger partial charge on any atom is -0.389 e. The summed E-state index contributed by atoms with van der Waals surface area (Å²) in [6.45, 7) is 5.20. The number of carbonyl (C=O) groups excluding carboxylic acids is 3. The number of hydrogen-bond donors (Lipinski definition) is 2. The second-order valence-electron chi connectivity index (χ2n) is 8.28. The molecular formula is C26H37NO4S2. The van der Waals surface area contributed by atoms with Gasteiger partial charge in [0, 0.05) is 24.0 Å². The number of amides is 1. The maximum absolute atomic E-state index is 13.4. The molecule has 0 fully saturated rings. The molecule has 0 spiro atoms. The quantitative estimate of drug-likeness (QED) is 0.363. The van der Waals surface area contributed by atoms with Gasteiger partial charge in [0.15, 0.2) is 11.6 Å². The molecule has 0 saturated carbocycles. The van der Waals surface area contributed by atoms with E-state index in [1.165, 1.54) is 11.8 Å². The van der Waals surface area contributed by atoms with Gasteiger partial charge in [-0.15, -0.1) is 23.1 Å². The van der Waals surface area contributed by atoms with Crippen LogP contribution >= 0.6 is 23.1 Å². The molecule has 7 heteroatoms. The van der Waals surface area contributed by atoms with Crippen molar-refractivity contribution in [1.29, 1.82) is 0 Å². The Morgan fingerprint density at radius 2 is 1.73 bits per heavy atom. The lowest BCUT2D eigenvalue weighted by Gasteiger charge is -2.28. The summed E-state index contributed by atoms with van der Waals surface area (Å²) in [7, 11) is 0. The second kappa shape index (κ2) is 15.0. The van der Waals surface area contributed by atoms with Gasteiger partial charge < -0.3 is 10.4 Å². The fourth-order valence-electron chi connectivity index (χ4n) is 3.65. The van der Waals surface area contributed by atoms with Crippen LogP contribution in [-0.4, -0.2) is 41.0 Å². The van der Waals surface area contributed by atoms with E-state index in [4.69, 9.17) is 0 Å². The van der Waals surface area contributed by atoms with Gasteiger partial charge in [-0.25, -0.2) is 0 Å². The van der Waals surface area contributed by atoms with Gasteiger partial charge in [-0.1, -0.05) is 64.6 Å². The largest absolute Gasteiger partial charge is 0.389 e. The van der Waals surface area contributed by atoms with Gasteiger partial charge in [0.1, 0.15) is 6.61 Å². The standard InChI is InChI=1S/C25H33NO4S2.CH4/c1-4-22(28)21(14-18-9-6-5-7-10-18)26-25(30)19(13-17(2)3)20(23(29)15-27)16-32-24-11-8-12-31-24;/h5-12,17,19-21,27H,4,13-16H2,1-3H3,(H,26,30);1H4/t19?,20-,21-;/m1./s1. The highest BCUT2D eigenvalue weighted by Crippen LogP contribution is 2.31. The van der Waals surface area contributed by atoms with Gasteiger partial charge in [0.05, 0.1) is 10.3 Å². The molecule has 0 bridgehead atoms. The molecule has 0 saturated heterocycles. The summed E-state index contributed by atoms with van der Waals surface area (Å²) in [5.41, 5.74) is 0.969. The van der Waals surface area contributed by atoms with E-state index in [0.29, 0.717) is 25.0 Å². The average molecular weight is 492 g/mol. The number of rotatable bonds is 14. The third kappa shape index (κ3) is 9.43. The third-order valence-corrected chi connectivity index (χ3v) is 7.60. The number of aliphatic hydroxyl groups is 1. The summed E-state index contributed by atoms with van der Waals surface area (Å²) in [5, 5.41) is 14.5. The smallest absolute Gasteiger partial charge is 0.224 e. The van der Waals surface area contributed by atoms with E-state index in [0.717, 1.165) is 9.77 Å². The van der Waals surface area contributed by atoms with Crippen LogP contribution in [0.4, 0.5) is 0 Å². The van der Waals surface area contributed by atoms with E-state index in [9.17, 15) is 19.5 Å². The third-order valence-electron chi connectivity index (χ3n) is 5.35. The Morgan fingerprint density at radius 1 is 1.03 bits per heavy atom. The summed E-state index contributed by atoms with van der Waals surface area (Å²) < 4.78 is 1.06. The van der Waals surface area contributed by atoms with Crippen molar-refractivity contribution in [2.24, 2.45) is 17.8 Å². The number of hydrogen-bond acceptors (Lipinski definition) is 6. The predicted octanol–water partition coefficient (Wildman–Crippen LogP) is 5.02. The van der Waals surface area contributed by atoms with Gasteiger partial charge in [-0.3, -0.25) is 14.4 Å². The number of thioether (sulfide) groups is 1. The maximum Gasteiger partial charge on any atom is 0.224 e. The molecule has 2 N–H and O–H groups in total. The Kier molecular flexibility index (Phi) is 13.3. The molecule has 33 heavy (non-hydrogen) atoms. The number of nitrogens with one attached hydrogen (secondary N) is 1. The van der Waals surface area contributed by atoms with E-state index in [1.807, 2.05) is 61.7 Å². The van der Waals surface area contributed by atoms with Gasteiger partial charge in [-0.2, -0.15) is 0 Å². The molecule has 0 aliphatic rings. The lowest BCUT2D eigenvalue weighted by Crippen LogP contribution is -2.48. The molecule has 2 rings (SSSR count). The molecule has 1 heterocycles. The molecular weight excluding hydrogens is 454 g/mol. The SMILES string of the molecule is C.CCC(=O)[C@@H](Cc1ccccc1)NC(=O)C(CC(C)C)[C@@H](CSc1cccs1)C(=O)CO. The number of Topliss-reactive ketones (excluding diaryl/α,β-unsaturated/α-hetero) is 2. The van der Waals surface area contributed by atoms with Crippen molar-refractivity contribution in [2.75, 3.05) is 12.4 Å². The molecule has 0 aliphatic heterocycles. The molecule has 1 aromatic heterocycles. The summed E-state index contributed by atoms with van der Waals surface area (Å²) in [4.78, 5) is 38.7. The highest BCUT2D eigenvalue weighted by atomic mass is 32.2. The van der Waals surface area contributed by atoms with Crippen molar-refractivity contribution < 1.29 is 19.5 Å². The van der Waals surface area contributed by atoms with Crippen LogP contribution in [0.5, 0.6) is 0 Å². The van der Waals surface area contributed by atoms with Crippen LogP contribution in [0.2, 0.25) is 0 Å². The van der Waals surface area contributed by atoms with Crippen molar-refractivity contribution in [1.82, 2.24) is 5.32 Å². The lowest BCUT2D eigenvalue weighted by molar-refractivity contribution is -0.136. The topological polar surface area (TPSA) is 83.5 Å². The van der Waals surface area contributed by atoms with Crippen LogP contribution in [0.1, 0.15) is 46.6 Å². The van der Waals surface area contributed by atoms with Crippen molar-refractivity contribution in [3.63, 3.8) is 0 Å². The Morgan fingerprint density at radius 3 is 2.27 bits per heavy atom. The van der Waals surface area contributed by atoms with Crippen LogP contribution in [0.25, 0.3) is 0 Å². The zero-order valence-corrected chi connectivity index (χ0v) is 20.6. The molecule has 0 radical (unpaired) electrons. The molecule has 3 atom stereocenters. The van der Waals surface area contributed by atoms with E-state index < -0.39 is 24.5 Å². The molecule has 182 valence electrons. The van der Waals surface area contributed by atoms with Crippen molar-refractivity contribution in [2.45, 2.75) is 57.7 Å². The Hall–Kier alpha value is -1.96. The first kappa shape index (κ1) is 29.1. The first-order valence-electron chi connectivity index (χ1n) is 11.0. The van der Waals surface area contributed by atoms with Gasteiger partial charge in [-0.05, 0) is 35.8 Å². The average Bonchev–Trinajstić information content (AvgIpc) is 3.31. The molecule has 1 aromatic carbocycles. The Balaban J connectivity index is 0.00000544. The zero-order chi connectivity index (χ0) is 23.5. The highest BCUT2D eigenvalue weighted by molar-refractivity contribution is 8.01. The number of carbonyl (C=O) groups is 3.